The Kier molecular flexibility index (Phi) is 7.44. The Labute approximate surface area is 341 Å². The van der Waals surface area contributed by atoms with Gasteiger partial charge in [-0.1, -0.05) is 133 Å². The lowest BCUT2D eigenvalue weighted by Crippen LogP contribution is -2.35. The summed E-state index contributed by atoms with van der Waals surface area (Å²) >= 11 is 0. The number of rotatable bonds is 5. The van der Waals surface area contributed by atoms with Gasteiger partial charge in [0.25, 0.3) is 0 Å². The van der Waals surface area contributed by atoms with Crippen LogP contribution in [0.4, 0.5) is 0 Å². The first-order valence-corrected chi connectivity index (χ1v) is 19.9. The summed E-state index contributed by atoms with van der Waals surface area (Å²) in [6, 6.07) is 67.2. The van der Waals surface area contributed by atoms with E-state index in [-0.39, 0.29) is 5.75 Å². The molecular weight excluding hydrogens is 721 g/mol. The number of furan rings is 1. The molecule has 0 saturated carbocycles. The largest absolute Gasteiger partial charge is 0.507 e. The van der Waals surface area contributed by atoms with Crippen LogP contribution in [0.1, 0.15) is 0 Å². The molecule has 1 aliphatic heterocycles. The zero-order valence-electron chi connectivity index (χ0n) is 31.8. The van der Waals surface area contributed by atoms with Gasteiger partial charge in [-0.3, -0.25) is 0 Å². The van der Waals surface area contributed by atoms with E-state index in [4.69, 9.17) is 9.15 Å². The third-order valence-corrected chi connectivity index (χ3v) is 11.8. The van der Waals surface area contributed by atoms with Gasteiger partial charge >= 0.3 is 0 Å². The highest BCUT2D eigenvalue weighted by Crippen LogP contribution is 2.42. The normalized spacial score (nSPS) is 12.1. The summed E-state index contributed by atoms with van der Waals surface area (Å²) < 4.78 is 15.6. The fourth-order valence-corrected chi connectivity index (χ4v) is 9.11. The molecular formula is C54H33BNO3. The number of hydrogen-bond acceptors (Lipinski definition) is 3. The van der Waals surface area contributed by atoms with Gasteiger partial charge in [0.2, 0.25) is 7.28 Å². The highest BCUT2D eigenvalue weighted by atomic mass is 16.5. The molecule has 1 radical (unpaired) electrons. The molecule has 2 aromatic heterocycles. The molecule has 12 rings (SSSR count). The molecule has 59 heavy (non-hydrogen) atoms. The van der Waals surface area contributed by atoms with E-state index in [0.29, 0.717) is 0 Å². The number of aromatic nitrogens is 1. The molecule has 11 aromatic rings. The van der Waals surface area contributed by atoms with Gasteiger partial charge in [0.05, 0.1) is 16.7 Å². The van der Waals surface area contributed by atoms with E-state index < -0.39 is 0 Å². The van der Waals surface area contributed by atoms with Crippen molar-refractivity contribution in [2.24, 2.45) is 0 Å². The van der Waals surface area contributed by atoms with Gasteiger partial charge in [0.1, 0.15) is 28.4 Å². The Morgan fingerprint density at radius 2 is 1.05 bits per heavy atom. The number of phenolic OH excluding ortho intramolecular Hbond substituents is 1. The van der Waals surface area contributed by atoms with Gasteiger partial charge < -0.3 is 18.8 Å². The number of ether oxygens (including phenoxy) is 1. The van der Waals surface area contributed by atoms with Crippen LogP contribution >= 0.6 is 0 Å². The number of phenols is 1. The minimum absolute atomic E-state index is 0.218. The van der Waals surface area contributed by atoms with Gasteiger partial charge in [-0.25, -0.2) is 0 Å². The molecule has 1 aliphatic rings. The van der Waals surface area contributed by atoms with Gasteiger partial charge in [0, 0.05) is 32.7 Å². The minimum Gasteiger partial charge on any atom is -0.507 e. The van der Waals surface area contributed by atoms with Crippen molar-refractivity contribution in [2.75, 3.05) is 0 Å². The average Bonchev–Trinajstić information content (AvgIpc) is 3.84. The zero-order chi connectivity index (χ0) is 39.0. The van der Waals surface area contributed by atoms with Crippen LogP contribution in [0.5, 0.6) is 17.2 Å². The molecule has 5 heteroatoms. The van der Waals surface area contributed by atoms with Crippen LogP contribution in [0.25, 0.3) is 93.9 Å². The van der Waals surface area contributed by atoms with Crippen molar-refractivity contribution in [1.29, 1.82) is 0 Å². The highest BCUT2D eigenvalue weighted by Gasteiger charge is 2.26. The Balaban J connectivity index is 0.987. The number of benzene rings is 9. The molecule has 0 aliphatic carbocycles. The molecule has 1 N–H and O–H groups in total. The zero-order valence-corrected chi connectivity index (χ0v) is 31.8. The Morgan fingerprint density at radius 3 is 1.88 bits per heavy atom. The highest BCUT2D eigenvalue weighted by molar-refractivity contribution is 6.71. The van der Waals surface area contributed by atoms with E-state index in [1.165, 1.54) is 21.8 Å². The maximum atomic E-state index is 11.2. The Morgan fingerprint density at radius 1 is 0.424 bits per heavy atom. The Bertz CT molecular complexity index is 3430. The predicted molar refractivity (Wildman–Crippen MR) is 243 cm³/mol. The first kappa shape index (κ1) is 33.4. The standard InChI is InChI=1S/C54H33BNO3/c57-48-24-9-4-18-41(48)43-30-36(33-13-11-14-34(29-33)38-20-12-26-50-53(38)42-19-5-10-25-49(42)58-50)32-52-54(43)55-44-28-27-35(31-51(44)59-52)37-15-1-6-21-45(37)56-46-22-7-2-16-39(46)40-17-3-8-23-47(40)56/h1-32,57H. The van der Waals surface area contributed by atoms with Gasteiger partial charge in [-0.05, 0) is 105 Å². The summed E-state index contributed by atoms with van der Waals surface area (Å²) in [5.74, 6) is 1.73. The first-order valence-electron chi connectivity index (χ1n) is 19.9. The summed E-state index contributed by atoms with van der Waals surface area (Å²) in [6.07, 6.45) is 0. The Hall–Kier alpha value is -7.76. The van der Waals surface area contributed by atoms with E-state index in [1.54, 1.807) is 6.07 Å². The van der Waals surface area contributed by atoms with Crippen molar-refractivity contribution < 1.29 is 14.3 Å². The molecule has 0 amide bonds. The molecule has 9 aromatic carbocycles. The van der Waals surface area contributed by atoms with Crippen LogP contribution in [-0.4, -0.2) is 17.0 Å². The van der Waals surface area contributed by atoms with E-state index >= 15 is 0 Å². The fourth-order valence-electron chi connectivity index (χ4n) is 9.11. The second kappa shape index (κ2) is 13.2. The van der Waals surface area contributed by atoms with Gasteiger partial charge in [0.15, 0.2) is 0 Å². The van der Waals surface area contributed by atoms with Crippen LogP contribution in [0.3, 0.4) is 0 Å². The van der Waals surface area contributed by atoms with Crippen LogP contribution in [-0.2, 0) is 0 Å². The smallest absolute Gasteiger partial charge is 0.202 e. The summed E-state index contributed by atoms with van der Waals surface area (Å²) in [7, 11) is 2.18. The third kappa shape index (κ3) is 5.32. The molecule has 3 heterocycles. The topological polar surface area (TPSA) is 47.5 Å². The van der Waals surface area contributed by atoms with Crippen molar-refractivity contribution in [3.8, 4) is 67.4 Å². The van der Waals surface area contributed by atoms with Gasteiger partial charge in [-0.15, -0.1) is 0 Å². The number of nitrogens with zero attached hydrogens (tertiary/aromatic N) is 1. The number of aromatic hydroxyl groups is 1. The number of hydrogen-bond donors (Lipinski definition) is 1. The first-order chi connectivity index (χ1) is 29.2. The molecule has 0 spiro atoms. The summed E-state index contributed by atoms with van der Waals surface area (Å²) in [5, 5.41) is 15.9. The van der Waals surface area contributed by atoms with E-state index in [1.807, 2.05) is 36.4 Å². The van der Waals surface area contributed by atoms with E-state index in [9.17, 15) is 5.11 Å². The summed E-state index contributed by atoms with van der Waals surface area (Å²) in [6.45, 7) is 0. The lowest BCUT2D eigenvalue weighted by Gasteiger charge is -2.25. The second-order valence-electron chi connectivity index (χ2n) is 15.2. The minimum atomic E-state index is 0.218. The molecule has 0 atom stereocenters. The number of para-hydroxylation sites is 5. The fraction of sp³-hybridized carbons (Fsp3) is 0. The van der Waals surface area contributed by atoms with Crippen LogP contribution in [0.2, 0.25) is 0 Å². The van der Waals surface area contributed by atoms with Crippen molar-refractivity contribution in [1.82, 2.24) is 4.57 Å². The summed E-state index contributed by atoms with van der Waals surface area (Å²) in [4.78, 5) is 0. The summed E-state index contributed by atoms with van der Waals surface area (Å²) in [5.41, 5.74) is 15.1. The van der Waals surface area contributed by atoms with Crippen molar-refractivity contribution in [2.45, 2.75) is 0 Å². The van der Waals surface area contributed by atoms with Crippen LogP contribution in [0, 0.1) is 0 Å². The van der Waals surface area contributed by atoms with Gasteiger partial charge in [-0.2, -0.15) is 0 Å². The van der Waals surface area contributed by atoms with Crippen LogP contribution in [0.15, 0.2) is 199 Å². The predicted octanol–water partition coefficient (Wildman–Crippen LogP) is 12.8. The average molecular weight is 755 g/mol. The van der Waals surface area contributed by atoms with Crippen molar-refractivity contribution in [3.05, 3.63) is 194 Å². The van der Waals surface area contributed by atoms with Crippen molar-refractivity contribution >= 4 is 61.9 Å². The molecule has 0 fully saturated rings. The quantitative estimate of drug-likeness (QED) is 0.178. The molecule has 4 nitrogen and oxygen atoms in total. The monoisotopic (exact) mass is 754 g/mol. The molecule has 0 bridgehead atoms. The lowest BCUT2D eigenvalue weighted by molar-refractivity contribution is 0.477. The number of fused-ring (bicyclic) bond motifs is 8. The third-order valence-electron chi connectivity index (χ3n) is 11.8. The molecule has 0 unspecified atom stereocenters. The second-order valence-corrected chi connectivity index (χ2v) is 15.2. The maximum Gasteiger partial charge on any atom is 0.202 e. The van der Waals surface area contributed by atoms with Crippen molar-refractivity contribution in [3.63, 3.8) is 0 Å². The molecule has 275 valence electrons. The molecule has 0 saturated heterocycles. The maximum absolute atomic E-state index is 11.2. The van der Waals surface area contributed by atoms with E-state index in [2.05, 4.69) is 164 Å². The van der Waals surface area contributed by atoms with Crippen LogP contribution < -0.4 is 15.7 Å². The van der Waals surface area contributed by atoms with E-state index in [0.717, 1.165) is 94.6 Å². The SMILES string of the molecule is Oc1ccccc1-c1cc(-c2cccc(-c3cccc4oc5ccccc5c34)c2)cc2c1[B]c1ccc(-c3ccccc3-n3c4ccccc4c4ccccc43)cc1O2. The lowest BCUT2D eigenvalue weighted by atomic mass is 9.59.